The van der Waals surface area contributed by atoms with Crippen LogP contribution in [-0.2, 0) is 14.3 Å². The first-order valence-electron chi connectivity index (χ1n) is 10.1. The van der Waals surface area contributed by atoms with E-state index >= 15 is 0 Å². The Morgan fingerprint density at radius 3 is 2.37 bits per heavy atom. The van der Waals surface area contributed by atoms with E-state index in [9.17, 15) is 14.4 Å². The third-order valence-corrected chi connectivity index (χ3v) is 5.05. The molecule has 3 rings (SSSR count). The van der Waals surface area contributed by atoms with E-state index < -0.39 is 18.5 Å². The van der Waals surface area contributed by atoms with Gasteiger partial charge in [-0.1, -0.05) is 13.0 Å². The second-order valence-corrected chi connectivity index (χ2v) is 7.60. The summed E-state index contributed by atoms with van der Waals surface area (Å²) in [6.45, 7) is 5.37. The van der Waals surface area contributed by atoms with E-state index in [-0.39, 0.29) is 11.5 Å². The van der Waals surface area contributed by atoms with Crippen LogP contribution in [0.5, 0.6) is 0 Å². The number of esters is 1. The molecule has 0 aliphatic carbocycles. The molecule has 2 aromatic carbocycles. The lowest BCUT2D eigenvalue weighted by atomic mass is 9.99. The van der Waals surface area contributed by atoms with Crippen LogP contribution in [0.4, 0.5) is 17.1 Å². The van der Waals surface area contributed by atoms with E-state index in [0.29, 0.717) is 11.4 Å². The minimum Gasteiger partial charge on any atom is -0.452 e. The van der Waals surface area contributed by atoms with Crippen molar-refractivity contribution in [1.82, 2.24) is 0 Å². The van der Waals surface area contributed by atoms with Crippen molar-refractivity contribution in [3.63, 3.8) is 0 Å². The van der Waals surface area contributed by atoms with Gasteiger partial charge in [0.15, 0.2) is 6.61 Å². The molecule has 7 nitrogen and oxygen atoms in total. The van der Waals surface area contributed by atoms with Gasteiger partial charge in [-0.2, -0.15) is 0 Å². The predicted octanol–water partition coefficient (Wildman–Crippen LogP) is 3.68. The molecule has 1 aliphatic heterocycles. The molecule has 2 amide bonds. The van der Waals surface area contributed by atoms with Gasteiger partial charge in [0.25, 0.3) is 5.91 Å². The Labute approximate surface area is 176 Å². The lowest BCUT2D eigenvalue weighted by Gasteiger charge is -2.32. The minimum absolute atomic E-state index is 0.235. The number of nitrogens with one attached hydrogen (secondary N) is 2. The van der Waals surface area contributed by atoms with E-state index in [1.165, 1.54) is 25.8 Å². The number of ether oxygens (including phenoxy) is 1. The average molecular weight is 409 g/mol. The van der Waals surface area contributed by atoms with Crippen LogP contribution in [0.1, 0.15) is 37.0 Å². The van der Waals surface area contributed by atoms with Gasteiger partial charge in [-0.3, -0.25) is 9.59 Å². The fourth-order valence-electron chi connectivity index (χ4n) is 3.36. The molecule has 158 valence electrons. The van der Waals surface area contributed by atoms with Crippen molar-refractivity contribution < 1.29 is 19.1 Å². The van der Waals surface area contributed by atoms with Gasteiger partial charge in [-0.15, -0.1) is 0 Å². The van der Waals surface area contributed by atoms with Crippen molar-refractivity contribution >= 4 is 34.8 Å². The Morgan fingerprint density at radius 2 is 1.70 bits per heavy atom. The number of hydrogen-bond donors (Lipinski definition) is 2. The first-order chi connectivity index (χ1) is 14.4. The standard InChI is InChI=1S/C23H27N3O4/c1-16-10-12-26(13-11-16)21-8-6-19(7-9-21)25-22(28)15-30-23(29)18-4-3-5-20(14-18)24-17(2)27/h3-9,14,16H,10-13,15H2,1-2H3,(H,24,27)(H,25,28). The summed E-state index contributed by atoms with van der Waals surface area (Å²) in [6.07, 6.45) is 2.38. The van der Waals surface area contributed by atoms with Crippen LogP contribution < -0.4 is 15.5 Å². The van der Waals surface area contributed by atoms with E-state index in [2.05, 4.69) is 22.5 Å². The number of carbonyl (C=O) groups excluding carboxylic acids is 3. The second-order valence-electron chi connectivity index (χ2n) is 7.60. The number of hydrogen-bond acceptors (Lipinski definition) is 5. The van der Waals surface area contributed by atoms with Crippen LogP contribution in [-0.4, -0.2) is 37.5 Å². The van der Waals surface area contributed by atoms with Gasteiger partial charge in [-0.05, 0) is 61.2 Å². The normalized spacial score (nSPS) is 14.1. The topological polar surface area (TPSA) is 87.7 Å². The first kappa shape index (κ1) is 21.4. The van der Waals surface area contributed by atoms with Crippen LogP contribution in [0, 0.1) is 5.92 Å². The molecular weight excluding hydrogens is 382 g/mol. The third-order valence-electron chi connectivity index (χ3n) is 5.05. The van der Waals surface area contributed by atoms with Crippen molar-refractivity contribution in [3.8, 4) is 0 Å². The van der Waals surface area contributed by atoms with Crippen molar-refractivity contribution in [2.45, 2.75) is 26.7 Å². The van der Waals surface area contributed by atoms with E-state index in [4.69, 9.17) is 4.74 Å². The van der Waals surface area contributed by atoms with Crippen LogP contribution in [0.3, 0.4) is 0 Å². The van der Waals surface area contributed by atoms with E-state index in [1.807, 2.05) is 24.3 Å². The third kappa shape index (κ3) is 6.07. The Balaban J connectivity index is 1.48. The maximum Gasteiger partial charge on any atom is 0.338 e. The fraction of sp³-hybridized carbons (Fsp3) is 0.348. The highest BCUT2D eigenvalue weighted by Gasteiger charge is 2.16. The molecule has 1 fully saturated rings. The first-order valence-corrected chi connectivity index (χ1v) is 10.1. The van der Waals surface area contributed by atoms with E-state index in [1.54, 1.807) is 18.2 Å². The number of anilines is 3. The molecule has 30 heavy (non-hydrogen) atoms. The molecule has 7 heteroatoms. The lowest BCUT2D eigenvalue weighted by Crippen LogP contribution is -2.32. The zero-order valence-corrected chi connectivity index (χ0v) is 17.3. The summed E-state index contributed by atoms with van der Waals surface area (Å²) in [7, 11) is 0. The van der Waals surface area contributed by atoms with Crippen molar-refractivity contribution in [2.75, 3.05) is 35.2 Å². The van der Waals surface area contributed by atoms with Gasteiger partial charge in [-0.25, -0.2) is 4.79 Å². The zero-order valence-electron chi connectivity index (χ0n) is 17.3. The number of piperidine rings is 1. The molecule has 0 unspecified atom stereocenters. The largest absolute Gasteiger partial charge is 0.452 e. The molecule has 0 radical (unpaired) electrons. The maximum absolute atomic E-state index is 12.2. The van der Waals surface area contributed by atoms with Gasteiger partial charge < -0.3 is 20.3 Å². The summed E-state index contributed by atoms with van der Waals surface area (Å²) in [5, 5.41) is 5.33. The summed E-state index contributed by atoms with van der Waals surface area (Å²) in [6, 6.07) is 14.0. The molecular formula is C23H27N3O4. The Morgan fingerprint density at radius 1 is 1.00 bits per heavy atom. The van der Waals surface area contributed by atoms with Crippen molar-refractivity contribution in [2.24, 2.45) is 5.92 Å². The maximum atomic E-state index is 12.2. The summed E-state index contributed by atoms with van der Waals surface area (Å²) in [5.41, 5.74) is 2.54. The van der Waals surface area contributed by atoms with Crippen LogP contribution >= 0.6 is 0 Å². The molecule has 0 atom stereocenters. The van der Waals surface area contributed by atoms with Crippen molar-refractivity contribution in [1.29, 1.82) is 0 Å². The molecule has 1 heterocycles. The highest BCUT2D eigenvalue weighted by atomic mass is 16.5. The quantitative estimate of drug-likeness (QED) is 0.711. The van der Waals surface area contributed by atoms with Crippen LogP contribution in [0.25, 0.3) is 0 Å². The Bertz CT molecular complexity index is 903. The molecule has 0 spiro atoms. The minimum atomic E-state index is -0.632. The molecule has 2 N–H and O–H groups in total. The summed E-state index contributed by atoms with van der Waals surface area (Å²) < 4.78 is 5.08. The Hall–Kier alpha value is -3.35. The number of benzene rings is 2. The van der Waals surface area contributed by atoms with Crippen molar-refractivity contribution in [3.05, 3.63) is 54.1 Å². The number of rotatable bonds is 6. The SMILES string of the molecule is CC(=O)Nc1cccc(C(=O)OCC(=O)Nc2ccc(N3CCC(C)CC3)cc2)c1. The molecule has 0 saturated carbocycles. The summed E-state index contributed by atoms with van der Waals surface area (Å²) in [5.74, 6) is -0.510. The summed E-state index contributed by atoms with van der Waals surface area (Å²) >= 11 is 0. The molecule has 1 aliphatic rings. The Kier molecular flexibility index (Phi) is 7.06. The number of carbonyl (C=O) groups is 3. The lowest BCUT2D eigenvalue weighted by molar-refractivity contribution is -0.119. The van der Waals surface area contributed by atoms with Gasteiger partial charge in [0, 0.05) is 37.1 Å². The molecule has 0 bridgehead atoms. The highest BCUT2D eigenvalue weighted by molar-refractivity contribution is 5.97. The van der Waals surface area contributed by atoms with Gasteiger partial charge in [0.2, 0.25) is 5.91 Å². The smallest absolute Gasteiger partial charge is 0.338 e. The summed E-state index contributed by atoms with van der Waals surface area (Å²) in [4.78, 5) is 37.8. The highest BCUT2D eigenvalue weighted by Crippen LogP contribution is 2.24. The fourth-order valence-corrected chi connectivity index (χ4v) is 3.36. The number of amides is 2. The monoisotopic (exact) mass is 409 g/mol. The van der Waals surface area contributed by atoms with E-state index in [0.717, 1.165) is 24.7 Å². The second kappa shape index (κ2) is 9.91. The molecule has 0 aromatic heterocycles. The van der Waals surface area contributed by atoms with Gasteiger partial charge in [0.05, 0.1) is 5.56 Å². The molecule has 1 saturated heterocycles. The molecule has 2 aromatic rings. The van der Waals surface area contributed by atoms with Gasteiger partial charge >= 0.3 is 5.97 Å². The van der Waals surface area contributed by atoms with Gasteiger partial charge in [0.1, 0.15) is 0 Å². The average Bonchev–Trinajstić information content (AvgIpc) is 2.73. The van der Waals surface area contributed by atoms with Crippen LogP contribution in [0.2, 0.25) is 0 Å². The predicted molar refractivity (Wildman–Crippen MR) is 117 cm³/mol. The zero-order chi connectivity index (χ0) is 21.5. The number of nitrogens with zero attached hydrogens (tertiary/aromatic N) is 1. The van der Waals surface area contributed by atoms with Crippen LogP contribution in [0.15, 0.2) is 48.5 Å².